The van der Waals surface area contributed by atoms with Crippen LogP contribution in [0.4, 0.5) is 39.8 Å². The summed E-state index contributed by atoms with van der Waals surface area (Å²) in [6.07, 6.45) is 0. The number of hydrogen-bond acceptors (Lipinski definition) is 3. The minimum Gasteiger partial charge on any atom is -0.310 e. The molecule has 0 saturated heterocycles. The molecule has 0 N–H and O–H groups in total. The Hall–Kier alpha value is -9.27. The second kappa shape index (κ2) is 20.7. The van der Waals surface area contributed by atoms with Crippen molar-refractivity contribution in [3.05, 3.63) is 293 Å². The second-order valence-corrected chi connectivity index (χ2v) is 29.6. The van der Waals surface area contributed by atoms with Gasteiger partial charge < -0.3 is 9.80 Å². The van der Waals surface area contributed by atoms with Crippen LogP contribution in [-0.2, 0) is 27.1 Å². The molecule has 4 heteroatoms. The zero-order valence-corrected chi connectivity index (χ0v) is 53.6. The molecule has 1 spiro atoms. The van der Waals surface area contributed by atoms with Crippen LogP contribution in [0.2, 0.25) is 0 Å². The molecule has 0 aliphatic heterocycles. The van der Waals surface area contributed by atoms with E-state index in [4.69, 9.17) is 6.57 Å². The van der Waals surface area contributed by atoms with Crippen molar-refractivity contribution in [2.45, 2.75) is 110 Å². The van der Waals surface area contributed by atoms with Gasteiger partial charge in [-0.15, -0.1) is 11.3 Å². The molecule has 1 aromatic heterocycles. The molecule has 0 radical (unpaired) electrons. The van der Waals surface area contributed by atoms with E-state index in [0.717, 1.165) is 39.7 Å². The zero-order valence-electron chi connectivity index (χ0n) is 52.8. The molecule has 0 fully saturated rings. The number of nitrogens with zero attached hydrogens (tertiary/aromatic N) is 3. The SMILES string of the molecule is [C-]#[N+]c1ccc2c(c1)-c1ccccc1C21c2cc(N(c3ccc(C(C)(C)C)cc3)c3cccc(-c4ccc(C(C)(C)C)cc4)c3)ccc2-c2ccc3sc4c(N(c5ccc(C(C)(C)C)cc5)c5cccc(-c6ccc(C(C)(C)C)cc6)c5)cccc4c3c21. The fraction of sp³-hybridized carbons (Fsp3) is 0.202. The van der Waals surface area contributed by atoms with Gasteiger partial charge in [-0.05, 0) is 190 Å². The molecule has 2 aliphatic rings. The number of fused-ring (bicyclic) bond motifs is 14. The Morgan fingerprint density at radius 1 is 0.352 bits per heavy atom. The van der Waals surface area contributed by atoms with Gasteiger partial charge in [-0.3, -0.25) is 0 Å². The summed E-state index contributed by atoms with van der Waals surface area (Å²) in [4.78, 5) is 8.99. The third kappa shape index (κ3) is 9.37. The molecule has 3 nitrogen and oxygen atoms in total. The van der Waals surface area contributed by atoms with E-state index in [-0.39, 0.29) is 21.7 Å². The van der Waals surface area contributed by atoms with Gasteiger partial charge in [0, 0.05) is 43.9 Å². The highest BCUT2D eigenvalue weighted by molar-refractivity contribution is 7.26. The maximum absolute atomic E-state index is 8.31. The van der Waals surface area contributed by atoms with E-state index in [1.165, 1.54) is 104 Å². The van der Waals surface area contributed by atoms with E-state index in [1.54, 1.807) is 0 Å². The van der Waals surface area contributed by atoms with Crippen molar-refractivity contribution in [2.24, 2.45) is 0 Å². The Labute approximate surface area is 525 Å². The molecular formula is C84H75N3S. The maximum Gasteiger partial charge on any atom is 0.187 e. The second-order valence-electron chi connectivity index (χ2n) is 28.5. The molecule has 11 aromatic carbocycles. The van der Waals surface area contributed by atoms with Gasteiger partial charge in [-0.2, -0.15) is 0 Å². The first kappa shape index (κ1) is 56.5. The lowest BCUT2D eigenvalue weighted by Gasteiger charge is -2.33. The minimum atomic E-state index is -0.742. The summed E-state index contributed by atoms with van der Waals surface area (Å²) in [6, 6.07) is 89.3. The van der Waals surface area contributed by atoms with Crippen LogP contribution in [0, 0.1) is 6.57 Å². The number of rotatable bonds is 8. The summed E-state index contributed by atoms with van der Waals surface area (Å²) >= 11 is 1.89. The molecule has 1 atom stereocenters. The van der Waals surface area contributed by atoms with Gasteiger partial charge in [0.05, 0.1) is 22.4 Å². The van der Waals surface area contributed by atoms with E-state index in [9.17, 15) is 0 Å². The van der Waals surface area contributed by atoms with Crippen LogP contribution in [0.3, 0.4) is 0 Å². The summed E-state index contributed by atoms with van der Waals surface area (Å²) < 4.78 is 2.46. The predicted octanol–water partition coefficient (Wildman–Crippen LogP) is 24.4. The normalized spacial score (nSPS) is 14.4. The van der Waals surface area contributed by atoms with Gasteiger partial charge in [-0.1, -0.05) is 241 Å². The minimum absolute atomic E-state index is 0.00187. The van der Waals surface area contributed by atoms with Crippen LogP contribution in [0.5, 0.6) is 0 Å². The lowest BCUT2D eigenvalue weighted by atomic mass is 9.69. The quantitative estimate of drug-likeness (QED) is 0.140. The van der Waals surface area contributed by atoms with Crippen molar-refractivity contribution >= 4 is 71.3 Å². The number of anilines is 6. The van der Waals surface area contributed by atoms with Crippen molar-refractivity contribution in [3.8, 4) is 44.5 Å². The van der Waals surface area contributed by atoms with E-state index < -0.39 is 5.41 Å². The van der Waals surface area contributed by atoms with E-state index in [0.29, 0.717) is 5.69 Å². The third-order valence-electron chi connectivity index (χ3n) is 18.7. The summed E-state index contributed by atoms with van der Waals surface area (Å²) in [5.74, 6) is 0. The average molecular weight is 1160 g/mol. The summed E-state index contributed by atoms with van der Waals surface area (Å²) in [7, 11) is 0. The lowest BCUT2D eigenvalue weighted by molar-refractivity contribution is 0.590. The number of thiophene rings is 1. The molecule has 14 rings (SSSR count). The lowest BCUT2D eigenvalue weighted by Crippen LogP contribution is -2.26. The first-order chi connectivity index (χ1) is 42.1. The van der Waals surface area contributed by atoms with E-state index in [1.807, 2.05) is 17.4 Å². The molecule has 88 heavy (non-hydrogen) atoms. The molecule has 432 valence electrons. The van der Waals surface area contributed by atoms with Gasteiger partial charge in [-0.25, -0.2) is 4.85 Å². The fourth-order valence-electron chi connectivity index (χ4n) is 14.0. The first-order valence-corrected chi connectivity index (χ1v) is 31.9. The predicted molar refractivity (Wildman–Crippen MR) is 377 cm³/mol. The van der Waals surface area contributed by atoms with Crippen molar-refractivity contribution in [3.63, 3.8) is 0 Å². The fourth-order valence-corrected chi connectivity index (χ4v) is 15.2. The van der Waals surface area contributed by atoms with Crippen molar-refractivity contribution in [1.29, 1.82) is 0 Å². The van der Waals surface area contributed by atoms with Crippen molar-refractivity contribution < 1.29 is 0 Å². The molecule has 0 saturated carbocycles. The average Bonchev–Trinajstić information content (AvgIpc) is 1.50. The van der Waals surface area contributed by atoms with E-state index >= 15 is 0 Å². The molecule has 2 aliphatic carbocycles. The Morgan fingerprint density at radius 2 is 0.818 bits per heavy atom. The molecule has 12 aromatic rings. The van der Waals surface area contributed by atoms with Crippen molar-refractivity contribution in [2.75, 3.05) is 9.80 Å². The van der Waals surface area contributed by atoms with Crippen LogP contribution in [-0.4, -0.2) is 0 Å². The zero-order chi connectivity index (χ0) is 61.2. The maximum atomic E-state index is 8.31. The molecule has 1 unspecified atom stereocenters. The van der Waals surface area contributed by atoms with Crippen LogP contribution >= 0.6 is 11.3 Å². The largest absolute Gasteiger partial charge is 0.310 e. The highest BCUT2D eigenvalue weighted by Gasteiger charge is 2.53. The topological polar surface area (TPSA) is 10.8 Å². The molecule has 1 heterocycles. The number of hydrogen-bond donors (Lipinski definition) is 0. The molecular weight excluding hydrogens is 1080 g/mol. The Bertz CT molecular complexity index is 4760. The van der Waals surface area contributed by atoms with Gasteiger partial charge >= 0.3 is 0 Å². The van der Waals surface area contributed by atoms with Crippen LogP contribution in [0.15, 0.2) is 237 Å². The molecule has 0 amide bonds. The number of benzene rings is 11. The van der Waals surface area contributed by atoms with Gasteiger partial charge in [0.25, 0.3) is 0 Å². The monoisotopic (exact) mass is 1160 g/mol. The van der Waals surface area contributed by atoms with Gasteiger partial charge in [0.1, 0.15) is 0 Å². The van der Waals surface area contributed by atoms with Gasteiger partial charge in [0.15, 0.2) is 5.69 Å². The van der Waals surface area contributed by atoms with Crippen LogP contribution in [0.1, 0.15) is 128 Å². The standard InChI is InChI=1S/C84H75N3S/c1-80(2,3)57-31-27-53(28-32-57)55-19-16-21-64(49-55)86(62-40-35-59(36-41-62)82(7,8)9)66-44-45-68-69-46-48-76-77(78(69)84(74(68)52-66)72-25-15-14-23-67(72)71-51-61(85-13)39-47-73(71)84)70-24-18-26-75(79(70)88-76)87(63-42-37-60(38-43-63)83(10,11)12)65-22-17-20-56(50-65)54-29-33-58(34-30-54)81(4,5)6/h14-52H,1-12H3. The first-order valence-electron chi connectivity index (χ1n) is 31.1. The Morgan fingerprint density at radius 3 is 1.38 bits per heavy atom. The molecule has 0 bridgehead atoms. The highest BCUT2D eigenvalue weighted by Crippen LogP contribution is 2.66. The van der Waals surface area contributed by atoms with Crippen molar-refractivity contribution in [1.82, 2.24) is 0 Å². The van der Waals surface area contributed by atoms with E-state index in [2.05, 4.69) is 328 Å². The van der Waals surface area contributed by atoms with Crippen LogP contribution < -0.4 is 9.80 Å². The Balaban J connectivity index is 1.00. The van der Waals surface area contributed by atoms with Gasteiger partial charge in [0.2, 0.25) is 0 Å². The smallest absolute Gasteiger partial charge is 0.187 e. The highest BCUT2D eigenvalue weighted by atomic mass is 32.1. The Kier molecular flexibility index (Phi) is 13.3. The third-order valence-corrected chi connectivity index (χ3v) is 19.9. The summed E-state index contributed by atoms with van der Waals surface area (Å²) in [5.41, 5.74) is 26.3. The summed E-state index contributed by atoms with van der Waals surface area (Å²) in [5, 5.41) is 2.49. The summed E-state index contributed by atoms with van der Waals surface area (Å²) in [6.45, 7) is 35.7. The van der Waals surface area contributed by atoms with Crippen LogP contribution in [0.25, 0.3) is 69.5 Å².